The molecular formula is C27H41F5N2O2. The van der Waals surface area contributed by atoms with E-state index < -0.39 is 29.2 Å². The summed E-state index contributed by atoms with van der Waals surface area (Å²) in [5.41, 5.74) is -3.45. The lowest BCUT2D eigenvalue weighted by Crippen LogP contribution is -2.39. The topological polar surface area (TPSA) is 52.6 Å². The summed E-state index contributed by atoms with van der Waals surface area (Å²) in [5, 5.41) is 13.3. The molecule has 2 fully saturated rings. The number of carbonyl (C=O) groups excluding carboxylic acids is 1. The van der Waals surface area contributed by atoms with Gasteiger partial charge in [0.15, 0.2) is 0 Å². The lowest BCUT2D eigenvalue weighted by molar-refractivity contribution is -0.126. The maximum absolute atomic E-state index is 15.9. The highest BCUT2D eigenvalue weighted by molar-refractivity contribution is 5.78. The van der Waals surface area contributed by atoms with Crippen LogP contribution in [0.4, 0.5) is 22.0 Å². The molecule has 4 nitrogen and oxygen atoms in total. The van der Waals surface area contributed by atoms with E-state index in [4.69, 9.17) is 0 Å². The van der Waals surface area contributed by atoms with E-state index in [1.165, 1.54) is 12.2 Å². The van der Waals surface area contributed by atoms with Gasteiger partial charge in [0, 0.05) is 37.7 Å². The second-order valence-electron chi connectivity index (χ2n) is 10.7. The summed E-state index contributed by atoms with van der Waals surface area (Å²) in [5.74, 6) is -0.481. The molecule has 0 aromatic heterocycles. The molecule has 36 heavy (non-hydrogen) atoms. The van der Waals surface area contributed by atoms with Crippen molar-refractivity contribution in [3.8, 4) is 0 Å². The van der Waals surface area contributed by atoms with Gasteiger partial charge in [0.2, 0.25) is 5.91 Å². The van der Waals surface area contributed by atoms with Crippen LogP contribution >= 0.6 is 0 Å². The molecule has 1 saturated heterocycles. The van der Waals surface area contributed by atoms with Crippen LogP contribution in [0.5, 0.6) is 0 Å². The van der Waals surface area contributed by atoms with Gasteiger partial charge in [0.25, 0.3) is 0 Å². The quantitative estimate of drug-likeness (QED) is 0.266. The van der Waals surface area contributed by atoms with Crippen LogP contribution in [0.1, 0.15) is 65.7 Å². The predicted octanol–water partition coefficient (Wildman–Crippen LogP) is 5.83. The van der Waals surface area contributed by atoms with Crippen molar-refractivity contribution in [1.29, 1.82) is 0 Å². The van der Waals surface area contributed by atoms with Gasteiger partial charge in [-0.25, -0.2) is 8.78 Å². The van der Waals surface area contributed by atoms with E-state index >= 15 is 4.39 Å². The first-order valence-corrected chi connectivity index (χ1v) is 12.9. The summed E-state index contributed by atoms with van der Waals surface area (Å²) in [7, 11) is 0. The Balaban J connectivity index is 1.86. The molecule has 1 saturated carbocycles. The lowest BCUT2D eigenvalue weighted by atomic mass is 9.80. The minimum Gasteiger partial charge on any atom is -0.392 e. The van der Waals surface area contributed by atoms with E-state index in [9.17, 15) is 27.5 Å². The third-order valence-corrected chi connectivity index (χ3v) is 7.54. The maximum Gasteiger partial charge on any atom is 0.415 e. The van der Waals surface area contributed by atoms with Crippen LogP contribution in [0.15, 0.2) is 36.0 Å². The fourth-order valence-electron chi connectivity index (χ4n) is 4.95. The number of aliphatic hydroxyl groups is 1. The van der Waals surface area contributed by atoms with Crippen molar-refractivity contribution in [3.63, 3.8) is 0 Å². The average Bonchev–Trinajstić information content (AvgIpc) is 3.16. The molecule has 206 valence electrons. The van der Waals surface area contributed by atoms with Crippen molar-refractivity contribution in [1.82, 2.24) is 10.2 Å². The molecule has 3 unspecified atom stereocenters. The Bertz CT molecular complexity index is 813. The summed E-state index contributed by atoms with van der Waals surface area (Å²) in [4.78, 5) is 14.1. The summed E-state index contributed by atoms with van der Waals surface area (Å²) in [6.45, 7) is 9.29. The third-order valence-electron chi connectivity index (χ3n) is 7.54. The molecule has 9 heteroatoms. The number of likely N-dealkylation sites (tertiary alicyclic amines) is 1. The van der Waals surface area contributed by atoms with Crippen LogP contribution in [0.25, 0.3) is 0 Å². The summed E-state index contributed by atoms with van der Waals surface area (Å²) in [6, 6.07) is 0. The Morgan fingerprint density at radius 1 is 1.25 bits per heavy atom. The largest absolute Gasteiger partial charge is 0.415 e. The number of aliphatic hydroxyl groups excluding tert-OH is 1. The summed E-state index contributed by atoms with van der Waals surface area (Å²) >= 11 is 0. The van der Waals surface area contributed by atoms with Crippen LogP contribution in [-0.2, 0) is 4.79 Å². The fraction of sp³-hybridized carbons (Fsp3) is 0.741. The van der Waals surface area contributed by atoms with Crippen molar-refractivity contribution in [2.45, 2.75) is 89.3 Å². The number of hydrogen-bond donors (Lipinski definition) is 2. The van der Waals surface area contributed by atoms with Crippen LogP contribution in [0.2, 0.25) is 0 Å². The molecule has 0 radical (unpaired) electrons. The number of allylic oxidation sites excluding steroid dienone is 4. The first kappa shape index (κ1) is 30.5. The maximum atomic E-state index is 15.9. The van der Waals surface area contributed by atoms with Crippen LogP contribution in [-0.4, -0.2) is 65.7 Å². The van der Waals surface area contributed by atoms with Gasteiger partial charge in [0.1, 0.15) is 11.3 Å². The lowest BCUT2D eigenvalue weighted by Gasteiger charge is -2.30. The summed E-state index contributed by atoms with van der Waals surface area (Å²) < 4.78 is 67.9. The first-order chi connectivity index (χ1) is 16.7. The van der Waals surface area contributed by atoms with Crippen molar-refractivity contribution < 1.29 is 31.9 Å². The molecule has 1 aliphatic carbocycles. The monoisotopic (exact) mass is 520 g/mol. The van der Waals surface area contributed by atoms with Crippen LogP contribution in [0, 0.1) is 11.8 Å². The second-order valence-corrected chi connectivity index (χ2v) is 10.7. The van der Waals surface area contributed by atoms with E-state index in [0.29, 0.717) is 50.6 Å². The van der Waals surface area contributed by atoms with Gasteiger partial charge in [-0.2, -0.15) is 13.2 Å². The van der Waals surface area contributed by atoms with Crippen molar-refractivity contribution in [2.75, 3.05) is 26.2 Å². The van der Waals surface area contributed by atoms with Gasteiger partial charge in [-0.1, -0.05) is 38.7 Å². The standard InChI is InChI=1S/C27H41F5N2O2/c1-5-19(2)23(8-6-7-20(3)27(30,31)32)26(29)14-16-34(18-26)17-22(35)11-15-33-24(36)21-9-12-25(4,28)13-10-21/h6-8,19,21-22,35H,3,5,9-18H2,1-2,4H3,(H,33,36)/b7-6-,23-8+. The molecule has 1 heterocycles. The molecule has 1 aliphatic heterocycles. The Labute approximate surface area is 211 Å². The minimum absolute atomic E-state index is 0.0464. The highest BCUT2D eigenvalue weighted by Crippen LogP contribution is 2.38. The van der Waals surface area contributed by atoms with Gasteiger partial charge >= 0.3 is 6.18 Å². The van der Waals surface area contributed by atoms with E-state index in [1.807, 2.05) is 18.7 Å². The van der Waals surface area contributed by atoms with Crippen molar-refractivity contribution in [2.24, 2.45) is 11.8 Å². The zero-order chi connectivity index (χ0) is 27.1. The number of carbonyl (C=O) groups is 1. The summed E-state index contributed by atoms with van der Waals surface area (Å²) in [6.07, 6.45) is 1.09. The number of nitrogens with zero attached hydrogens (tertiary/aromatic N) is 1. The van der Waals surface area contributed by atoms with Gasteiger partial charge in [0.05, 0.1) is 6.10 Å². The first-order valence-electron chi connectivity index (χ1n) is 12.9. The van der Waals surface area contributed by atoms with Crippen molar-refractivity contribution in [3.05, 3.63) is 36.0 Å². The van der Waals surface area contributed by atoms with Crippen LogP contribution in [0.3, 0.4) is 0 Å². The van der Waals surface area contributed by atoms with E-state index in [-0.39, 0.29) is 43.8 Å². The molecule has 1 amide bonds. The smallest absolute Gasteiger partial charge is 0.392 e. The van der Waals surface area contributed by atoms with E-state index in [2.05, 4.69) is 11.9 Å². The molecule has 0 aromatic rings. The fourth-order valence-corrected chi connectivity index (χ4v) is 4.95. The van der Waals surface area contributed by atoms with Crippen molar-refractivity contribution >= 4 is 5.91 Å². The Morgan fingerprint density at radius 2 is 1.89 bits per heavy atom. The van der Waals surface area contributed by atoms with Crippen LogP contribution < -0.4 is 5.32 Å². The number of hydrogen-bond acceptors (Lipinski definition) is 3. The molecule has 0 aromatic carbocycles. The van der Waals surface area contributed by atoms with Gasteiger partial charge in [-0.05, 0) is 63.4 Å². The number of rotatable bonds is 11. The Morgan fingerprint density at radius 3 is 2.47 bits per heavy atom. The Hall–Kier alpha value is -1.74. The molecule has 0 spiro atoms. The second kappa shape index (κ2) is 12.7. The predicted molar refractivity (Wildman–Crippen MR) is 132 cm³/mol. The SMILES string of the molecule is C=C(/C=C\C=C(/C(C)CC)C1(F)CCN(CC(O)CCNC(=O)C2CCC(C)(F)CC2)C1)C(F)(F)F. The minimum atomic E-state index is -4.53. The number of alkyl halides is 5. The molecular weight excluding hydrogens is 479 g/mol. The molecule has 3 atom stereocenters. The normalized spacial score (nSPS) is 29.9. The number of β-amino-alcohol motifs (C(OH)–C–C–N with tert-alkyl or cyclic N) is 1. The van der Waals surface area contributed by atoms with E-state index in [0.717, 1.165) is 6.08 Å². The molecule has 0 bridgehead atoms. The number of halogens is 5. The number of nitrogens with one attached hydrogen (secondary N) is 1. The highest BCUT2D eigenvalue weighted by Gasteiger charge is 2.43. The highest BCUT2D eigenvalue weighted by atomic mass is 19.4. The number of amides is 1. The van der Waals surface area contributed by atoms with E-state index in [1.54, 1.807) is 6.92 Å². The van der Waals surface area contributed by atoms with Gasteiger partial charge in [-0.3, -0.25) is 9.69 Å². The molecule has 2 aliphatic rings. The Kier molecular flexibility index (Phi) is 10.7. The zero-order valence-electron chi connectivity index (χ0n) is 21.6. The zero-order valence-corrected chi connectivity index (χ0v) is 21.6. The van der Waals surface area contributed by atoms with Gasteiger partial charge < -0.3 is 10.4 Å². The molecule has 2 rings (SSSR count). The van der Waals surface area contributed by atoms with Gasteiger partial charge in [-0.15, -0.1) is 0 Å². The average molecular weight is 521 g/mol. The molecule has 2 N–H and O–H groups in total. The third kappa shape index (κ3) is 8.98.